The molecule has 0 saturated heterocycles. The van der Waals surface area contributed by atoms with Crippen LogP contribution in [0.25, 0.3) is 0 Å². The van der Waals surface area contributed by atoms with E-state index in [1.807, 2.05) is 20.8 Å². The van der Waals surface area contributed by atoms with E-state index in [0.717, 1.165) is 9.87 Å². The highest BCUT2D eigenvalue weighted by molar-refractivity contribution is 7.92. The van der Waals surface area contributed by atoms with E-state index in [-0.39, 0.29) is 29.0 Å². The number of benzene rings is 3. The number of aryl methyl sites for hydroxylation is 1. The van der Waals surface area contributed by atoms with E-state index in [4.69, 9.17) is 16.3 Å². The first kappa shape index (κ1) is 31.0. The third-order valence-electron chi connectivity index (χ3n) is 6.32. The minimum atomic E-state index is -4.16. The molecule has 0 aliphatic rings. The Morgan fingerprint density at radius 2 is 1.65 bits per heavy atom. The fourth-order valence-electron chi connectivity index (χ4n) is 4.00. The van der Waals surface area contributed by atoms with Crippen LogP contribution in [0.4, 0.5) is 5.69 Å². The van der Waals surface area contributed by atoms with Crippen LogP contribution in [0.3, 0.4) is 0 Å². The number of halogens is 1. The minimum Gasteiger partial charge on any atom is -0.497 e. The number of amides is 2. The van der Waals surface area contributed by atoms with Gasteiger partial charge in [0.05, 0.1) is 17.7 Å². The number of rotatable bonds is 12. The van der Waals surface area contributed by atoms with Crippen LogP contribution in [0.15, 0.2) is 77.7 Å². The summed E-state index contributed by atoms with van der Waals surface area (Å²) in [6.45, 7) is 7.41. The van der Waals surface area contributed by atoms with Gasteiger partial charge < -0.3 is 15.0 Å². The van der Waals surface area contributed by atoms with Gasteiger partial charge in [-0.3, -0.25) is 13.9 Å². The van der Waals surface area contributed by atoms with Crippen LogP contribution >= 0.6 is 11.6 Å². The number of methoxy groups -OCH3 is 1. The molecule has 10 heteroatoms. The van der Waals surface area contributed by atoms with Crippen molar-refractivity contribution >= 4 is 39.1 Å². The Kier molecular flexibility index (Phi) is 10.6. The van der Waals surface area contributed by atoms with Crippen LogP contribution in [0.1, 0.15) is 31.9 Å². The molecule has 3 aromatic rings. The standard InChI is InChI=1S/C30H36ClN3O5S/c1-21(2)18-32-30(36)23(4)33(19-24-8-6-9-25(31)16-24)29(35)20-34(26-10-7-11-27(17-26)39-5)40(37,38)28-14-12-22(3)13-15-28/h6-17,21,23H,18-20H2,1-5H3,(H,32,36)/t23-/m1/s1. The van der Waals surface area contributed by atoms with Crippen LogP contribution < -0.4 is 14.4 Å². The van der Waals surface area contributed by atoms with Crippen molar-refractivity contribution in [3.8, 4) is 5.75 Å². The molecule has 0 unspecified atom stereocenters. The summed E-state index contributed by atoms with van der Waals surface area (Å²) >= 11 is 6.18. The Balaban J connectivity index is 2.03. The summed E-state index contributed by atoms with van der Waals surface area (Å²) in [5, 5.41) is 3.36. The van der Waals surface area contributed by atoms with Crippen LogP contribution in [0, 0.1) is 12.8 Å². The van der Waals surface area contributed by atoms with Crippen molar-refractivity contribution in [2.75, 3.05) is 24.5 Å². The topological polar surface area (TPSA) is 96.0 Å². The number of carbonyl (C=O) groups excluding carboxylic acids is 2. The summed E-state index contributed by atoms with van der Waals surface area (Å²) in [5.74, 6) is -0.230. The Hall–Kier alpha value is -3.56. The van der Waals surface area contributed by atoms with Crippen LogP contribution in [-0.2, 0) is 26.2 Å². The molecule has 3 aromatic carbocycles. The Bertz CT molecular complexity index is 1430. The smallest absolute Gasteiger partial charge is 0.264 e. The molecule has 3 rings (SSSR count). The molecule has 0 aliphatic carbocycles. The summed E-state index contributed by atoms with van der Waals surface area (Å²) in [6.07, 6.45) is 0. The largest absolute Gasteiger partial charge is 0.497 e. The molecule has 0 radical (unpaired) electrons. The number of carbonyl (C=O) groups is 2. The first-order chi connectivity index (χ1) is 18.9. The average Bonchev–Trinajstić information content (AvgIpc) is 2.93. The second-order valence-corrected chi connectivity index (χ2v) is 12.3. The van der Waals surface area contributed by atoms with Gasteiger partial charge in [-0.25, -0.2) is 8.42 Å². The lowest BCUT2D eigenvalue weighted by atomic mass is 10.1. The Morgan fingerprint density at radius 3 is 2.27 bits per heavy atom. The number of hydrogen-bond donors (Lipinski definition) is 1. The lowest BCUT2D eigenvalue weighted by Crippen LogP contribution is -2.51. The number of nitrogens with one attached hydrogen (secondary N) is 1. The lowest BCUT2D eigenvalue weighted by molar-refractivity contribution is -0.139. The van der Waals surface area contributed by atoms with Gasteiger partial charge in [-0.15, -0.1) is 0 Å². The van der Waals surface area contributed by atoms with E-state index in [1.165, 1.54) is 24.1 Å². The fourth-order valence-corrected chi connectivity index (χ4v) is 5.62. The summed E-state index contributed by atoms with van der Waals surface area (Å²) in [5.41, 5.74) is 1.86. The van der Waals surface area contributed by atoms with Crippen LogP contribution in [0.5, 0.6) is 5.75 Å². The molecule has 0 aromatic heterocycles. The summed E-state index contributed by atoms with van der Waals surface area (Å²) < 4.78 is 34.2. The van der Waals surface area contributed by atoms with Gasteiger partial charge in [-0.2, -0.15) is 0 Å². The predicted molar refractivity (Wildman–Crippen MR) is 158 cm³/mol. The minimum absolute atomic E-state index is 0.0397. The first-order valence-corrected chi connectivity index (χ1v) is 14.8. The van der Waals surface area contributed by atoms with Gasteiger partial charge in [0.2, 0.25) is 11.8 Å². The van der Waals surface area contributed by atoms with Crippen LogP contribution in [-0.4, -0.2) is 51.4 Å². The van der Waals surface area contributed by atoms with Crippen molar-refractivity contribution in [2.24, 2.45) is 5.92 Å². The van der Waals surface area contributed by atoms with E-state index in [9.17, 15) is 18.0 Å². The predicted octanol–water partition coefficient (Wildman–Crippen LogP) is 5.04. The molecule has 1 atom stereocenters. The lowest BCUT2D eigenvalue weighted by Gasteiger charge is -2.32. The molecule has 214 valence electrons. The number of sulfonamides is 1. The third-order valence-corrected chi connectivity index (χ3v) is 8.35. The Morgan fingerprint density at radius 1 is 0.975 bits per heavy atom. The summed E-state index contributed by atoms with van der Waals surface area (Å²) in [6, 6.07) is 19.0. The normalized spacial score (nSPS) is 12.1. The highest BCUT2D eigenvalue weighted by atomic mass is 35.5. The highest BCUT2D eigenvalue weighted by Crippen LogP contribution is 2.28. The fraction of sp³-hybridized carbons (Fsp3) is 0.333. The van der Waals surface area contributed by atoms with Gasteiger partial charge in [0.15, 0.2) is 0 Å². The van der Waals surface area contributed by atoms with E-state index >= 15 is 0 Å². The van der Waals surface area contributed by atoms with Crippen molar-refractivity contribution in [2.45, 2.75) is 45.2 Å². The second kappa shape index (κ2) is 13.7. The number of hydrogen-bond acceptors (Lipinski definition) is 5. The van der Waals surface area contributed by atoms with Crippen molar-refractivity contribution in [1.29, 1.82) is 0 Å². The third kappa shape index (κ3) is 7.99. The molecule has 0 spiro atoms. The van der Waals surface area contributed by atoms with Crippen LogP contribution in [0.2, 0.25) is 5.02 Å². The van der Waals surface area contributed by atoms with E-state index in [2.05, 4.69) is 5.32 Å². The molecule has 0 aliphatic heterocycles. The van der Waals surface area contributed by atoms with Crippen molar-refractivity contribution in [3.63, 3.8) is 0 Å². The molecule has 2 amide bonds. The van der Waals surface area contributed by atoms with Gasteiger partial charge in [-0.1, -0.05) is 61.3 Å². The van der Waals surface area contributed by atoms with Crippen molar-refractivity contribution in [1.82, 2.24) is 10.2 Å². The molecule has 0 heterocycles. The Labute approximate surface area is 241 Å². The molecule has 1 N–H and O–H groups in total. The van der Waals surface area contributed by atoms with Gasteiger partial charge in [-0.05, 0) is 61.7 Å². The number of nitrogens with zero attached hydrogens (tertiary/aromatic N) is 2. The van der Waals surface area contributed by atoms with Crippen molar-refractivity contribution in [3.05, 3.63) is 88.9 Å². The van der Waals surface area contributed by atoms with E-state index in [0.29, 0.717) is 22.9 Å². The zero-order valence-corrected chi connectivity index (χ0v) is 25.0. The maximum Gasteiger partial charge on any atom is 0.264 e. The molecular formula is C30H36ClN3O5S. The molecule has 40 heavy (non-hydrogen) atoms. The SMILES string of the molecule is COc1cccc(N(CC(=O)N(Cc2cccc(Cl)c2)[C@H](C)C(=O)NCC(C)C)S(=O)(=O)c2ccc(C)cc2)c1. The zero-order chi connectivity index (χ0) is 29.4. The molecular weight excluding hydrogens is 550 g/mol. The number of anilines is 1. The molecule has 0 fully saturated rings. The van der Waals surface area contributed by atoms with Gasteiger partial charge in [0.1, 0.15) is 18.3 Å². The van der Waals surface area contributed by atoms with Crippen molar-refractivity contribution < 1.29 is 22.7 Å². The van der Waals surface area contributed by atoms with E-state index < -0.39 is 28.5 Å². The second-order valence-electron chi connectivity index (χ2n) is 9.99. The summed E-state index contributed by atoms with van der Waals surface area (Å²) in [4.78, 5) is 28.4. The average molecular weight is 586 g/mol. The zero-order valence-electron chi connectivity index (χ0n) is 23.4. The quantitative estimate of drug-likeness (QED) is 0.321. The van der Waals surface area contributed by atoms with E-state index in [1.54, 1.807) is 67.6 Å². The van der Waals surface area contributed by atoms with Gasteiger partial charge >= 0.3 is 0 Å². The van der Waals surface area contributed by atoms with Gasteiger partial charge in [0, 0.05) is 24.2 Å². The molecule has 0 saturated carbocycles. The first-order valence-electron chi connectivity index (χ1n) is 13.0. The maximum atomic E-state index is 14.0. The monoisotopic (exact) mass is 585 g/mol. The number of ether oxygens (including phenoxy) is 1. The maximum absolute atomic E-state index is 14.0. The highest BCUT2D eigenvalue weighted by Gasteiger charge is 2.32. The molecule has 8 nitrogen and oxygen atoms in total. The van der Waals surface area contributed by atoms with Gasteiger partial charge in [0.25, 0.3) is 10.0 Å². The summed E-state index contributed by atoms with van der Waals surface area (Å²) in [7, 11) is -2.68. The molecule has 0 bridgehead atoms.